The van der Waals surface area contributed by atoms with Gasteiger partial charge in [0.05, 0.1) is 13.3 Å². The zero-order valence-corrected chi connectivity index (χ0v) is 13.4. The summed E-state index contributed by atoms with van der Waals surface area (Å²) in [7, 11) is 1.61. The molecule has 1 unspecified atom stereocenters. The first-order valence-corrected chi connectivity index (χ1v) is 7.29. The summed E-state index contributed by atoms with van der Waals surface area (Å²) < 4.78 is 7.17. The molecule has 0 fully saturated rings. The van der Waals surface area contributed by atoms with Crippen molar-refractivity contribution >= 4 is 0 Å². The third-order valence-corrected chi connectivity index (χ3v) is 3.74. The number of methoxy groups -OCH3 is 1. The monoisotopic (exact) mass is 288 g/mol. The van der Waals surface area contributed by atoms with E-state index in [4.69, 9.17) is 4.74 Å². The number of hydrogen-bond acceptors (Lipinski definition) is 3. The number of aliphatic hydroxyl groups excluding tert-OH is 1. The van der Waals surface area contributed by atoms with Crippen LogP contribution >= 0.6 is 0 Å². The molecular formula is C17H24N2O2. The molecule has 1 atom stereocenters. The number of ether oxygens (including phenoxy) is 1. The summed E-state index contributed by atoms with van der Waals surface area (Å²) in [6.07, 6.45) is 1.59. The van der Waals surface area contributed by atoms with Gasteiger partial charge in [-0.2, -0.15) is 5.10 Å². The Kier molecular flexibility index (Phi) is 4.68. The Morgan fingerprint density at radius 3 is 2.62 bits per heavy atom. The molecule has 1 N–H and O–H groups in total. The van der Waals surface area contributed by atoms with E-state index < -0.39 is 6.10 Å². The highest BCUT2D eigenvalue weighted by Crippen LogP contribution is 2.30. The van der Waals surface area contributed by atoms with Gasteiger partial charge in [-0.25, -0.2) is 0 Å². The largest absolute Gasteiger partial charge is 0.493 e. The van der Waals surface area contributed by atoms with Crippen LogP contribution < -0.4 is 4.74 Å². The summed E-state index contributed by atoms with van der Waals surface area (Å²) in [4.78, 5) is 0. The predicted molar refractivity (Wildman–Crippen MR) is 83.7 cm³/mol. The van der Waals surface area contributed by atoms with E-state index in [0.717, 1.165) is 11.3 Å². The lowest BCUT2D eigenvalue weighted by Gasteiger charge is -2.18. The maximum Gasteiger partial charge on any atom is 0.162 e. The van der Waals surface area contributed by atoms with Crippen LogP contribution in [-0.2, 0) is 6.42 Å². The van der Waals surface area contributed by atoms with Gasteiger partial charge in [0.1, 0.15) is 11.8 Å². The first-order chi connectivity index (χ1) is 9.93. The summed E-state index contributed by atoms with van der Waals surface area (Å²) >= 11 is 0. The zero-order chi connectivity index (χ0) is 15.6. The molecule has 4 heteroatoms. The second-order valence-electron chi connectivity index (χ2n) is 5.79. The fourth-order valence-electron chi connectivity index (χ4n) is 2.57. The van der Waals surface area contributed by atoms with Gasteiger partial charge in [-0.15, -0.1) is 0 Å². The Morgan fingerprint density at radius 2 is 2.00 bits per heavy atom. The molecule has 0 saturated heterocycles. The van der Waals surface area contributed by atoms with E-state index in [9.17, 15) is 5.11 Å². The smallest absolute Gasteiger partial charge is 0.162 e. The molecule has 0 aliphatic rings. The third kappa shape index (κ3) is 3.27. The molecule has 114 valence electrons. The standard InChI is InChI=1S/C17H24N2O2/c1-11(2)19-17(16(21-5)10-18-19)15(20)9-14-8-12(3)6-7-13(14)4/h6-8,10-11,15,20H,9H2,1-5H3. The average Bonchev–Trinajstić information content (AvgIpc) is 2.87. The van der Waals surface area contributed by atoms with Crippen molar-refractivity contribution in [2.75, 3.05) is 7.11 Å². The van der Waals surface area contributed by atoms with Gasteiger partial charge < -0.3 is 9.84 Å². The molecule has 0 aliphatic heterocycles. The van der Waals surface area contributed by atoms with E-state index >= 15 is 0 Å². The summed E-state index contributed by atoms with van der Waals surface area (Å²) in [5.74, 6) is 0.640. The van der Waals surface area contributed by atoms with Crippen LogP contribution in [0.15, 0.2) is 24.4 Å². The van der Waals surface area contributed by atoms with Gasteiger partial charge in [0.2, 0.25) is 0 Å². The van der Waals surface area contributed by atoms with Crippen LogP contribution in [0.4, 0.5) is 0 Å². The molecule has 1 aromatic heterocycles. The van der Waals surface area contributed by atoms with Crippen molar-refractivity contribution in [3.63, 3.8) is 0 Å². The van der Waals surface area contributed by atoms with E-state index in [-0.39, 0.29) is 6.04 Å². The Hall–Kier alpha value is -1.81. The molecule has 1 heterocycles. The number of aliphatic hydroxyl groups is 1. The Balaban J connectivity index is 2.33. The van der Waals surface area contributed by atoms with Gasteiger partial charge in [-0.05, 0) is 38.8 Å². The average molecular weight is 288 g/mol. The van der Waals surface area contributed by atoms with Crippen LogP contribution in [0.1, 0.15) is 48.4 Å². The maximum atomic E-state index is 10.7. The van der Waals surface area contributed by atoms with Gasteiger partial charge in [0.25, 0.3) is 0 Å². The van der Waals surface area contributed by atoms with Crippen molar-refractivity contribution in [1.29, 1.82) is 0 Å². The van der Waals surface area contributed by atoms with Crippen LogP contribution in [-0.4, -0.2) is 22.0 Å². The van der Waals surface area contributed by atoms with Gasteiger partial charge in [0, 0.05) is 12.5 Å². The quantitative estimate of drug-likeness (QED) is 0.917. The summed E-state index contributed by atoms with van der Waals surface area (Å²) in [6, 6.07) is 6.48. The highest BCUT2D eigenvalue weighted by atomic mass is 16.5. The molecule has 21 heavy (non-hydrogen) atoms. The van der Waals surface area contributed by atoms with Crippen LogP contribution in [0, 0.1) is 13.8 Å². The highest BCUT2D eigenvalue weighted by Gasteiger charge is 2.22. The van der Waals surface area contributed by atoms with Crippen molar-refractivity contribution in [1.82, 2.24) is 9.78 Å². The number of rotatable bonds is 5. The molecule has 4 nitrogen and oxygen atoms in total. The predicted octanol–water partition coefficient (Wildman–Crippen LogP) is 3.37. The first kappa shape index (κ1) is 15.6. The highest BCUT2D eigenvalue weighted by molar-refractivity contribution is 5.34. The number of benzene rings is 1. The summed E-state index contributed by atoms with van der Waals surface area (Å²) in [6.45, 7) is 8.22. The molecule has 0 amide bonds. The van der Waals surface area contributed by atoms with Gasteiger partial charge in [-0.1, -0.05) is 23.8 Å². The number of hydrogen-bond donors (Lipinski definition) is 1. The minimum Gasteiger partial charge on any atom is -0.493 e. The Bertz CT molecular complexity index is 617. The minimum absolute atomic E-state index is 0.178. The second-order valence-corrected chi connectivity index (χ2v) is 5.79. The molecule has 0 saturated carbocycles. The van der Waals surface area contributed by atoms with Crippen molar-refractivity contribution < 1.29 is 9.84 Å². The van der Waals surface area contributed by atoms with E-state index in [1.807, 2.05) is 18.5 Å². The second kappa shape index (κ2) is 6.31. The lowest BCUT2D eigenvalue weighted by molar-refractivity contribution is 0.160. The SMILES string of the molecule is COc1cnn(C(C)C)c1C(O)Cc1cc(C)ccc1C. The van der Waals surface area contributed by atoms with Crippen LogP contribution in [0.2, 0.25) is 0 Å². The van der Waals surface area contributed by atoms with E-state index in [2.05, 4.69) is 37.1 Å². The third-order valence-electron chi connectivity index (χ3n) is 3.74. The van der Waals surface area contributed by atoms with Crippen LogP contribution in [0.25, 0.3) is 0 Å². The Morgan fingerprint density at radius 1 is 1.29 bits per heavy atom. The molecule has 0 bridgehead atoms. The minimum atomic E-state index is -0.634. The first-order valence-electron chi connectivity index (χ1n) is 7.29. The lowest BCUT2D eigenvalue weighted by atomic mass is 9.98. The molecule has 0 aliphatic carbocycles. The molecule has 2 rings (SSSR count). The van der Waals surface area contributed by atoms with E-state index in [0.29, 0.717) is 12.2 Å². The van der Waals surface area contributed by atoms with Crippen molar-refractivity contribution in [3.8, 4) is 5.75 Å². The zero-order valence-electron chi connectivity index (χ0n) is 13.4. The summed E-state index contributed by atoms with van der Waals surface area (Å²) in [5, 5.41) is 15.0. The number of aryl methyl sites for hydroxylation is 2. The lowest BCUT2D eigenvalue weighted by Crippen LogP contribution is -2.14. The topological polar surface area (TPSA) is 47.3 Å². The number of nitrogens with zero attached hydrogens (tertiary/aromatic N) is 2. The summed E-state index contributed by atoms with van der Waals surface area (Å²) in [5.41, 5.74) is 4.29. The van der Waals surface area contributed by atoms with E-state index in [1.54, 1.807) is 13.3 Å². The van der Waals surface area contributed by atoms with Gasteiger partial charge >= 0.3 is 0 Å². The van der Waals surface area contributed by atoms with Crippen molar-refractivity contribution in [2.24, 2.45) is 0 Å². The fraction of sp³-hybridized carbons (Fsp3) is 0.471. The maximum absolute atomic E-state index is 10.7. The fourth-order valence-corrected chi connectivity index (χ4v) is 2.57. The molecule has 1 aromatic carbocycles. The van der Waals surface area contributed by atoms with Crippen molar-refractivity contribution in [2.45, 2.75) is 46.3 Å². The molecule has 0 spiro atoms. The van der Waals surface area contributed by atoms with Crippen molar-refractivity contribution in [3.05, 3.63) is 46.8 Å². The molecule has 0 radical (unpaired) electrons. The van der Waals surface area contributed by atoms with Gasteiger partial charge in [-0.3, -0.25) is 4.68 Å². The normalized spacial score (nSPS) is 12.7. The number of aromatic nitrogens is 2. The van der Waals surface area contributed by atoms with E-state index in [1.165, 1.54) is 11.1 Å². The molecular weight excluding hydrogens is 264 g/mol. The van der Waals surface area contributed by atoms with Crippen LogP contribution in [0.5, 0.6) is 5.75 Å². The Labute approximate surface area is 126 Å². The van der Waals surface area contributed by atoms with Gasteiger partial charge in [0.15, 0.2) is 5.75 Å². The molecule has 2 aromatic rings. The van der Waals surface area contributed by atoms with Crippen LogP contribution in [0.3, 0.4) is 0 Å².